The van der Waals surface area contributed by atoms with Crippen molar-refractivity contribution >= 4 is 50.3 Å². The van der Waals surface area contributed by atoms with Crippen LogP contribution >= 0.6 is 38.5 Å². The molecule has 0 heterocycles. The summed E-state index contributed by atoms with van der Waals surface area (Å²) in [5.74, 6) is 0.0591. The molecule has 110 valence electrons. The molecule has 0 saturated carbocycles. The number of nitrogens with zero attached hydrogens (tertiary/aromatic N) is 2. The molecule has 20 heavy (non-hydrogen) atoms. The van der Waals surface area contributed by atoms with E-state index < -0.39 is 0 Å². The molecule has 1 aromatic rings. The van der Waals surface area contributed by atoms with E-state index in [-0.39, 0.29) is 17.8 Å². The lowest BCUT2D eigenvalue weighted by molar-refractivity contribution is 0.0710. The van der Waals surface area contributed by atoms with Crippen LogP contribution in [0.4, 0.5) is 0 Å². The number of carbonyl (C=O) groups excluding carboxylic acids is 1. The Morgan fingerprint density at radius 2 is 2.20 bits per heavy atom. The van der Waals surface area contributed by atoms with Crippen LogP contribution in [0, 0.1) is 3.57 Å². The minimum Gasteiger partial charge on any atom is -0.409 e. The Labute approximate surface area is 140 Å². The van der Waals surface area contributed by atoms with Gasteiger partial charge in [-0.3, -0.25) is 4.79 Å². The van der Waals surface area contributed by atoms with Gasteiger partial charge in [0.2, 0.25) is 0 Å². The molecule has 0 aromatic heterocycles. The lowest BCUT2D eigenvalue weighted by atomic mass is 10.1. The Morgan fingerprint density at radius 3 is 2.75 bits per heavy atom. The number of nitrogens with two attached hydrogens (primary N) is 1. The molecule has 0 aliphatic rings. The second kappa shape index (κ2) is 7.82. The maximum absolute atomic E-state index is 12.6. The van der Waals surface area contributed by atoms with E-state index in [0.717, 1.165) is 8.04 Å². The van der Waals surface area contributed by atoms with Crippen LogP contribution in [0.15, 0.2) is 27.8 Å². The van der Waals surface area contributed by atoms with Gasteiger partial charge in [0, 0.05) is 27.1 Å². The van der Waals surface area contributed by atoms with Crippen molar-refractivity contribution in [2.24, 2.45) is 10.9 Å². The molecule has 3 N–H and O–H groups in total. The lowest BCUT2D eigenvalue weighted by Gasteiger charge is -2.27. The minimum absolute atomic E-state index is 0.0313. The molecule has 7 heteroatoms. The average Bonchev–Trinajstić information content (AvgIpc) is 2.40. The van der Waals surface area contributed by atoms with Crippen molar-refractivity contribution in [1.29, 1.82) is 0 Å². The Bertz CT molecular complexity index is 520. The van der Waals surface area contributed by atoms with Gasteiger partial charge < -0.3 is 15.8 Å². The molecule has 5 nitrogen and oxygen atoms in total. The third-order valence-electron chi connectivity index (χ3n) is 2.78. The van der Waals surface area contributed by atoms with E-state index in [9.17, 15) is 4.79 Å². The summed E-state index contributed by atoms with van der Waals surface area (Å²) in [4.78, 5) is 14.3. The van der Waals surface area contributed by atoms with Gasteiger partial charge in [0.25, 0.3) is 5.91 Å². The van der Waals surface area contributed by atoms with Crippen molar-refractivity contribution in [2.45, 2.75) is 26.3 Å². The first-order valence-corrected chi connectivity index (χ1v) is 7.96. The van der Waals surface area contributed by atoms with Gasteiger partial charge in [-0.2, -0.15) is 0 Å². The smallest absolute Gasteiger partial charge is 0.255 e. The first-order valence-electron chi connectivity index (χ1n) is 6.09. The van der Waals surface area contributed by atoms with Crippen molar-refractivity contribution in [1.82, 2.24) is 4.90 Å². The number of hydrogen-bond donors (Lipinski definition) is 2. The van der Waals surface area contributed by atoms with E-state index in [1.54, 1.807) is 4.90 Å². The number of hydrogen-bond acceptors (Lipinski definition) is 3. The molecule has 0 fully saturated rings. The number of carbonyl (C=O) groups is 1. The zero-order valence-electron chi connectivity index (χ0n) is 11.3. The highest BCUT2D eigenvalue weighted by atomic mass is 127. The summed E-state index contributed by atoms with van der Waals surface area (Å²) < 4.78 is 1.76. The number of benzene rings is 1. The van der Waals surface area contributed by atoms with Crippen molar-refractivity contribution in [3.05, 3.63) is 31.8 Å². The van der Waals surface area contributed by atoms with Gasteiger partial charge in [0.1, 0.15) is 5.84 Å². The minimum atomic E-state index is -0.0589. The molecule has 1 aromatic carbocycles. The van der Waals surface area contributed by atoms with Gasteiger partial charge in [0.05, 0.1) is 5.56 Å². The third kappa shape index (κ3) is 4.62. The number of rotatable bonds is 5. The van der Waals surface area contributed by atoms with E-state index in [1.165, 1.54) is 0 Å². The van der Waals surface area contributed by atoms with Gasteiger partial charge >= 0.3 is 0 Å². The summed E-state index contributed by atoms with van der Waals surface area (Å²) in [7, 11) is 0. The van der Waals surface area contributed by atoms with Crippen molar-refractivity contribution in [2.75, 3.05) is 6.54 Å². The van der Waals surface area contributed by atoms with Gasteiger partial charge in [-0.05, 0) is 54.6 Å². The Hall–Kier alpha value is -0.830. The molecule has 0 aliphatic heterocycles. The number of halogens is 2. The topological polar surface area (TPSA) is 78.9 Å². The molecular weight excluding hydrogens is 437 g/mol. The predicted molar refractivity (Wildman–Crippen MR) is 91.1 cm³/mol. The fraction of sp³-hybridized carbons (Fsp3) is 0.385. The summed E-state index contributed by atoms with van der Waals surface area (Å²) >= 11 is 5.52. The van der Waals surface area contributed by atoms with Crippen LogP contribution in [-0.4, -0.2) is 34.4 Å². The lowest BCUT2D eigenvalue weighted by Crippen LogP contribution is -2.39. The summed E-state index contributed by atoms with van der Waals surface area (Å²) in [5.41, 5.74) is 6.11. The van der Waals surface area contributed by atoms with Crippen LogP contribution in [0.1, 0.15) is 30.6 Å². The molecule has 0 aliphatic carbocycles. The summed E-state index contributed by atoms with van der Waals surface area (Å²) in [6.45, 7) is 4.29. The average molecular weight is 454 g/mol. The molecule has 0 atom stereocenters. The number of amides is 1. The maximum atomic E-state index is 12.6. The summed E-state index contributed by atoms with van der Waals surface area (Å²) in [5, 5.41) is 11.5. The molecule has 0 radical (unpaired) electrons. The Kier molecular flexibility index (Phi) is 6.74. The highest BCUT2D eigenvalue weighted by Gasteiger charge is 2.21. The van der Waals surface area contributed by atoms with Gasteiger partial charge in [-0.15, -0.1) is 0 Å². The normalized spacial score (nSPS) is 11.8. The van der Waals surface area contributed by atoms with Crippen LogP contribution < -0.4 is 5.73 Å². The zero-order valence-corrected chi connectivity index (χ0v) is 15.1. The van der Waals surface area contributed by atoms with Crippen LogP contribution in [-0.2, 0) is 0 Å². The van der Waals surface area contributed by atoms with Crippen LogP contribution in [0.2, 0.25) is 0 Å². The standard InChI is InChI=1S/C13H17BrIN3O2/c1-8(2)18(6-5-12(16)17-20)13(19)10-7-9(14)3-4-11(10)15/h3-4,7-8,20H,5-6H2,1-2H3,(H2,16,17). The monoisotopic (exact) mass is 453 g/mol. The Morgan fingerprint density at radius 1 is 1.55 bits per heavy atom. The van der Waals surface area contributed by atoms with Crippen LogP contribution in [0.5, 0.6) is 0 Å². The first-order chi connectivity index (χ1) is 9.36. The number of amidine groups is 1. The molecule has 0 saturated heterocycles. The van der Waals surface area contributed by atoms with E-state index in [0.29, 0.717) is 18.5 Å². The number of oxime groups is 1. The second-order valence-corrected chi connectivity index (χ2v) is 6.64. The van der Waals surface area contributed by atoms with Gasteiger partial charge in [-0.25, -0.2) is 0 Å². The molecule has 0 unspecified atom stereocenters. The summed E-state index contributed by atoms with van der Waals surface area (Å²) in [6.07, 6.45) is 0.338. The summed E-state index contributed by atoms with van der Waals surface area (Å²) in [6, 6.07) is 5.63. The third-order valence-corrected chi connectivity index (χ3v) is 4.21. The fourth-order valence-electron chi connectivity index (χ4n) is 1.70. The first kappa shape index (κ1) is 17.2. The quantitative estimate of drug-likeness (QED) is 0.236. The van der Waals surface area contributed by atoms with Crippen molar-refractivity contribution < 1.29 is 10.0 Å². The molecule has 0 bridgehead atoms. The maximum Gasteiger partial charge on any atom is 0.255 e. The van der Waals surface area contributed by atoms with E-state index in [1.807, 2.05) is 32.0 Å². The fourth-order valence-corrected chi connectivity index (χ4v) is 2.62. The van der Waals surface area contributed by atoms with Crippen LogP contribution in [0.25, 0.3) is 0 Å². The zero-order chi connectivity index (χ0) is 15.3. The van der Waals surface area contributed by atoms with E-state index >= 15 is 0 Å². The molecule has 1 rings (SSSR count). The molecular formula is C13H17BrIN3O2. The highest BCUT2D eigenvalue weighted by Crippen LogP contribution is 2.21. The predicted octanol–water partition coefficient (Wildman–Crippen LogP) is 3.04. The van der Waals surface area contributed by atoms with Crippen LogP contribution in [0.3, 0.4) is 0 Å². The second-order valence-electron chi connectivity index (χ2n) is 4.56. The van der Waals surface area contributed by atoms with Crippen molar-refractivity contribution in [3.63, 3.8) is 0 Å². The van der Waals surface area contributed by atoms with E-state index in [4.69, 9.17) is 10.9 Å². The van der Waals surface area contributed by atoms with Gasteiger partial charge in [0.15, 0.2) is 0 Å². The van der Waals surface area contributed by atoms with E-state index in [2.05, 4.69) is 43.7 Å². The molecule has 1 amide bonds. The Balaban J connectivity index is 2.97. The van der Waals surface area contributed by atoms with Crippen molar-refractivity contribution in [3.8, 4) is 0 Å². The SMILES string of the molecule is CC(C)N(CC/C(N)=N/O)C(=O)c1cc(Br)ccc1I. The largest absolute Gasteiger partial charge is 0.409 e. The molecule has 0 spiro atoms. The highest BCUT2D eigenvalue weighted by molar-refractivity contribution is 14.1. The van der Waals surface area contributed by atoms with Gasteiger partial charge in [-0.1, -0.05) is 21.1 Å².